The van der Waals surface area contributed by atoms with Crippen LogP contribution in [0.1, 0.15) is 41.1 Å². The summed E-state index contributed by atoms with van der Waals surface area (Å²) >= 11 is 2.23. The molecule has 3 heterocycles. The van der Waals surface area contributed by atoms with Crippen molar-refractivity contribution in [2.75, 3.05) is 44.0 Å². The highest BCUT2D eigenvalue weighted by Gasteiger charge is 2.22. The van der Waals surface area contributed by atoms with Crippen LogP contribution in [0.3, 0.4) is 0 Å². The first-order valence-corrected chi connectivity index (χ1v) is 12.4. The molecule has 0 saturated carbocycles. The number of aromatic nitrogens is 4. The topological polar surface area (TPSA) is 91.0 Å². The second-order valence-corrected chi connectivity index (χ2v) is 9.87. The van der Waals surface area contributed by atoms with E-state index in [0.717, 1.165) is 52.8 Å². The Bertz CT molecular complexity index is 1090. The van der Waals surface area contributed by atoms with E-state index >= 15 is 0 Å². The molecule has 3 N–H and O–H groups in total. The van der Waals surface area contributed by atoms with Gasteiger partial charge in [0.1, 0.15) is 0 Å². The largest absolute Gasteiger partial charge is 0.383 e. The molecule has 1 aliphatic heterocycles. The summed E-state index contributed by atoms with van der Waals surface area (Å²) in [5, 5.41) is 13.9. The van der Waals surface area contributed by atoms with Crippen LogP contribution in [0.5, 0.6) is 0 Å². The van der Waals surface area contributed by atoms with E-state index in [2.05, 4.69) is 84.3 Å². The van der Waals surface area contributed by atoms with Crippen LogP contribution in [0.2, 0.25) is 0 Å². The number of aryl methyl sites for hydroxylation is 3. The van der Waals surface area contributed by atoms with Crippen LogP contribution in [0, 0.1) is 24.3 Å². The predicted octanol–water partition coefficient (Wildman–Crippen LogP) is 5.04. The Hall–Kier alpha value is -2.24. The Kier molecular flexibility index (Phi) is 7.82. The normalized spacial score (nSPS) is 15.1. The Morgan fingerprint density at radius 2 is 1.91 bits per heavy atom. The lowest BCUT2D eigenvalue weighted by atomic mass is 9.85. The van der Waals surface area contributed by atoms with Gasteiger partial charge in [0.2, 0.25) is 5.95 Å². The molecule has 9 heteroatoms. The summed E-state index contributed by atoms with van der Waals surface area (Å²) in [5.74, 6) is 2.64. The first-order chi connectivity index (χ1) is 15.9. The highest BCUT2D eigenvalue weighted by molar-refractivity contribution is 14.1. The average molecular weight is 561 g/mol. The zero-order chi connectivity index (χ0) is 23.4. The van der Waals surface area contributed by atoms with Crippen molar-refractivity contribution in [3.63, 3.8) is 0 Å². The molecule has 0 spiro atoms. The van der Waals surface area contributed by atoms with Crippen molar-refractivity contribution in [2.45, 2.75) is 39.5 Å². The van der Waals surface area contributed by atoms with Crippen LogP contribution in [0.15, 0.2) is 24.4 Å². The number of methoxy groups -OCH3 is 1. The van der Waals surface area contributed by atoms with Crippen LogP contribution >= 0.6 is 22.6 Å². The summed E-state index contributed by atoms with van der Waals surface area (Å²) in [6, 6.07) is 6.51. The number of anilines is 4. The Labute approximate surface area is 209 Å². The first-order valence-electron chi connectivity index (χ1n) is 11.3. The standard InChI is InChI=1S/C24H32IN7O/c1-15-12-21(16(2)11-19(15)18-5-7-32(8-6-18)9-10-33-4)27-24-26-14-20(25)23(29-24)28-22-13-17(3)30-31-22/h11-14,18H,5-10H2,1-4H3,(H3,26,27,28,29,30,31). The van der Waals surface area contributed by atoms with Crippen LogP contribution in [-0.4, -0.2) is 58.4 Å². The van der Waals surface area contributed by atoms with Gasteiger partial charge in [-0.05, 0) is 98.0 Å². The van der Waals surface area contributed by atoms with Crippen molar-refractivity contribution in [2.24, 2.45) is 0 Å². The SMILES string of the molecule is COCCN1CCC(c2cc(C)c(Nc3ncc(I)c(Nc4cc(C)[nH]n4)n3)cc2C)CC1. The Balaban J connectivity index is 1.46. The molecule has 0 unspecified atom stereocenters. The van der Waals surface area contributed by atoms with E-state index < -0.39 is 0 Å². The van der Waals surface area contributed by atoms with Gasteiger partial charge in [-0.1, -0.05) is 6.07 Å². The summed E-state index contributed by atoms with van der Waals surface area (Å²) in [5.41, 5.74) is 6.01. The number of nitrogens with one attached hydrogen (secondary N) is 3. The third-order valence-corrected chi connectivity index (χ3v) is 6.98. The molecule has 3 aromatic rings. The molecule has 0 radical (unpaired) electrons. The van der Waals surface area contributed by atoms with Gasteiger partial charge in [0.15, 0.2) is 11.6 Å². The summed E-state index contributed by atoms with van der Waals surface area (Å²) < 4.78 is 6.16. The van der Waals surface area contributed by atoms with Crippen molar-refractivity contribution in [3.8, 4) is 0 Å². The van der Waals surface area contributed by atoms with Crippen molar-refractivity contribution in [1.29, 1.82) is 0 Å². The van der Waals surface area contributed by atoms with Gasteiger partial charge >= 0.3 is 0 Å². The summed E-state index contributed by atoms with van der Waals surface area (Å²) in [6.07, 6.45) is 4.20. The molecule has 4 rings (SSSR count). The van der Waals surface area contributed by atoms with Crippen molar-refractivity contribution < 1.29 is 4.74 Å². The number of ether oxygens (including phenoxy) is 1. The number of hydrogen-bond donors (Lipinski definition) is 3. The summed E-state index contributed by atoms with van der Waals surface area (Å²) in [4.78, 5) is 11.7. The van der Waals surface area contributed by atoms with E-state index in [1.165, 1.54) is 29.5 Å². The molecular formula is C24H32IN7O. The molecule has 0 amide bonds. The van der Waals surface area contributed by atoms with Crippen molar-refractivity contribution in [3.05, 3.63) is 50.4 Å². The molecule has 1 saturated heterocycles. The van der Waals surface area contributed by atoms with Gasteiger partial charge in [-0.25, -0.2) is 4.98 Å². The highest BCUT2D eigenvalue weighted by Crippen LogP contribution is 2.34. The number of piperidine rings is 1. The van der Waals surface area contributed by atoms with E-state index in [0.29, 0.717) is 11.9 Å². The fourth-order valence-corrected chi connectivity index (χ4v) is 4.73. The second-order valence-electron chi connectivity index (χ2n) is 8.71. The minimum Gasteiger partial charge on any atom is -0.383 e. The minimum atomic E-state index is 0.562. The number of likely N-dealkylation sites (tertiary alicyclic amines) is 1. The fourth-order valence-electron chi connectivity index (χ4n) is 4.34. The second kappa shape index (κ2) is 10.8. The van der Waals surface area contributed by atoms with Gasteiger partial charge in [-0.15, -0.1) is 0 Å². The van der Waals surface area contributed by atoms with Crippen LogP contribution in [-0.2, 0) is 4.74 Å². The maximum atomic E-state index is 5.23. The van der Waals surface area contributed by atoms with Gasteiger partial charge in [0.25, 0.3) is 0 Å². The maximum absolute atomic E-state index is 5.23. The van der Waals surface area contributed by atoms with Crippen molar-refractivity contribution in [1.82, 2.24) is 25.1 Å². The highest BCUT2D eigenvalue weighted by atomic mass is 127. The number of halogens is 1. The molecule has 33 heavy (non-hydrogen) atoms. The third kappa shape index (κ3) is 6.01. The van der Waals surface area contributed by atoms with E-state index in [1.807, 2.05) is 19.2 Å². The van der Waals surface area contributed by atoms with Crippen molar-refractivity contribution >= 4 is 45.9 Å². The van der Waals surface area contributed by atoms with Crippen LogP contribution in [0.25, 0.3) is 0 Å². The molecular weight excluding hydrogens is 529 g/mol. The molecule has 1 aromatic carbocycles. The third-order valence-electron chi connectivity index (χ3n) is 6.20. The Morgan fingerprint density at radius 1 is 1.12 bits per heavy atom. The number of rotatable bonds is 8. The van der Waals surface area contributed by atoms with E-state index in [-0.39, 0.29) is 0 Å². The molecule has 0 bridgehead atoms. The number of H-pyrrole nitrogens is 1. The van der Waals surface area contributed by atoms with E-state index in [4.69, 9.17) is 4.74 Å². The zero-order valence-electron chi connectivity index (χ0n) is 19.7. The molecule has 2 aromatic heterocycles. The molecule has 176 valence electrons. The quantitative estimate of drug-likeness (QED) is 0.332. The summed E-state index contributed by atoms with van der Waals surface area (Å²) in [6.45, 7) is 10.4. The number of nitrogens with zero attached hydrogens (tertiary/aromatic N) is 4. The van der Waals surface area contributed by atoms with Crippen LogP contribution in [0.4, 0.5) is 23.3 Å². The van der Waals surface area contributed by atoms with Gasteiger partial charge < -0.3 is 20.3 Å². The van der Waals surface area contributed by atoms with Gasteiger partial charge in [0.05, 0.1) is 10.2 Å². The first kappa shape index (κ1) is 23.9. The molecule has 8 nitrogen and oxygen atoms in total. The number of hydrogen-bond acceptors (Lipinski definition) is 7. The molecule has 0 atom stereocenters. The molecule has 1 aliphatic rings. The van der Waals surface area contributed by atoms with Gasteiger partial charge in [-0.3, -0.25) is 5.10 Å². The number of aromatic amines is 1. The fraction of sp³-hybridized carbons (Fsp3) is 0.458. The molecule has 0 aliphatic carbocycles. The zero-order valence-corrected chi connectivity index (χ0v) is 21.9. The Morgan fingerprint density at radius 3 is 2.61 bits per heavy atom. The monoisotopic (exact) mass is 561 g/mol. The lowest BCUT2D eigenvalue weighted by Gasteiger charge is -2.33. The average Bonchev–Trinajstić information content (AvgIpc) is 3.22. The van der Waals surface area contributed by atoms with Crippen LogP contribution < -0.4 is 10.6 Å². The smallest absolute Gasteiger partial charge is 0.229 e. The summed E-state index contributed by atoms with van der Waals surface area (Å²) in [7, 11) is 1.77. The minimum absolute atomic E-state index is 0.562. The number of benzene rings is 1. The van der Waals surface area contributed by atoms with E-state index in [1.54, 1.807) is 7.11 Å². The predicted molar refractivity (Wildman–Crippen MR) is 141 cm³/mol. The van der Waals surface area contributed by atoms with E-state index in [9.17, 15) is 0 Å². The van der Waals surface area contributed by atoms with Gasteiger partial charge in [-0.2, -0.15) is 10.1 Å². The lowest BCUT2D eigenvalue weighted by molar-refractivity contribution is 0.130. The van der Waals surface area contributed by atoms with Gasteiger partial charge in [0, 0.05) is 37.3 Å². The molecule has 1 fully saturated rings. The lowest BCUT2D eigenvalue weighted by Crippen LogP contribution is -2.35. The maximum Gasteiger partial charge on any atom is 0.229 e.